The van der Waals surface area contributed by atoms with Gasteiger partial charge in [-0.25, -0.2) is 0 Å². The van der Waals surface area contributed by atoms with E-state index in [0.717, 1.165) is 25.2 Å². The first-order valence-electron chi connectivity index (χ1n) is 4.87. The van der Waals surface area contributed by atoms with E-state index in [-0.39, 0.29) is 0 Å². The third-order valence-electron chi connectivity index (χ3n) is 3.89. The minimum atomic E-state index is 0.344. The van der Waals surface area contributed by atoms with Crippen LogP contribution in [0.2, 0.25) is 0 Å². The minimum Gasteiger partial charge on any atom is -0.295 e. The van der Waals surface area contributed by atoms with E-state index in [0.29, 0.717) is 11.2 Å². The number of ketones is 1. The van der Waals surface area contributed by atoms with Crippen molar-refractivity contribution in [3.8, 4) is 0 Å². The Bertz CT molecular complexity index is 252. The van der Waals surface area contributed by atoms with E-state index in [1.165, 1.54) is 12.0 Å². The summed E-state index contributed by atoms with van der Waals surface area (Å²) in [6.45, 7) is 4.64. The molecule has 0 N–H and O–H groups in total. The fourth-order valence-corrected chi connectivity index (χ4v) is 2.59. The molecule has 1 saturated carbocycles. The van der Waals surface area contributed by atoms with E-state index in [9.17, 15) is 4.79 Å². The summed E-state index contributed by atoms with van der Waals surface area (Å²) in [6, 6.07) is 0. The van der Waals surface area contributed by atoms with Crippen LogP contribution in [0.15, 0.2) is 11.6 Å². The molecule has 0 aromatic carbocycles. The van der Waals surface area contributed by atoms with Gasteiger partial charge in [-0.15, -0.1) is 0 Å². The SMILES string of the molecule is C[C@@H]1CCC2=CC(=O)CC[C@]21C. The zero-order valence-electron chi connectivity index (χ0n) is 7.89. The lowest BCUT2D eigenvalue weighted by Crippen LogP contribution is -2.26. The number of fused-ring (bicyclic) bond motifs is 1. The molecule has 0 aromatic rings. The molecule has 0 aliphatic heterocycles. The van der Waals surface area contributed by atoms with Gasteiger partial charge in [0.1, 0.15) is 0 Å². The molecule has 1 heteroatoms. The van der Waals surface area contributed by atoms with Gasteiger partial charge in [-0.05, 0) is 36.7 Å². The van der Waals surface area contributed by atoms with Crippen LogP contribution in [0.25, 0.3) is 0 Å². The van der Waals surface area contributed by atoms with Crippen LogP contribution in [0.5, 0.6) is 0 Å². The first-order valence-corrected chi connectivity index (χ1v) is 4.87. The molecule has 2 rings (SSSR count). The molecule has 0 bridgehead atoms. The van der Waals surface area contributed by atoms with Gasteiger partial charge >= 0.3 is 0 Å². The lowest BCUT2D eigenvalue weighted by molar-refractivity contribution is -0.115. The van der Waals surface area contributed by atoms with Crippen LogP contribution >= 0.6 is 0 Å². The Labute approximate surface area is 73.8 Å². The highest BCUT2D eigenvalue weighted by molar-refractivity contribution is 5.91. The Morgan fingerprint density at radius 2 is 2.25 bits per heavy atom. The fourth-order valence-electron chi connectivity index (χ4n) is 2.59. The molecule has 1 nitrogen and oxygen atoms in total. The molecule has 1 fully saturated rings. The molecule has 0 saturated heterocycles. The second kappa shape index (κ2) is 2.45. The summed E-state index contributed by atoms with van der Waals surface area (Å²) < 4.78 is 0. The third-order valence-corrected chi connectivity index (χ3v) is 3.89. The average molecular weight is 164 g/mol. The normalized spacial score (nSPS) is 41.0. The number of hydrogen-bond acceptors (Lipinski definition) is 1. The quantitative estimate of drug-likeness (QED) is 0.538. The molecule has 0 spiro atoms. The molecule has 2 aliphatic carbocycles. The molecule has 0 unspecified atom stereocenters. The molecule has 66 valence electrons. The maximum absolute atomic E-state index is 11.2. The van der Waals surface area contributed by atoms with Crippen molar-refractivity contribution < 1.29 is 4.79 Å². The van der Waals surface area contributed by atoms with Crippen LogP contribution in [0.3, 0.4) is 0 Å². The zero-order chi connectivity index (χ0) is 8.77. The van der Waals surface area contributed by atoms with Gasteiger partial charge in [0.2, 0.25) is 0 Å². The first kappa shape index (κ1) is 8.03. The summed E-state index contributed by atoms with van der Waals surface area (Å²) in [5, 5.41) is 0. The smallest absolute Gasteiger partial charge is 0.155 e. The van der Waals surface area contributed by atoms with Crippen LogP contribution in [-0.2, 0) is 4.79 Å². The summed E-state index contributed by atoms with van der Waals surface area (Å²) in [4.78, 5) is 11.2. The average Bonchev–Trinajstić information content (AvgIpc) is 2.31. The highest BCUT2D eigenvalue weighted by Gasteiger charge is 2.41. The Kier molecular flexibility index (Phi) is 1.64. The van der Waals surface area contributed by atoms with Crippen molar-refractivity contribution in [1.29, 1.82) is 0 Å². The van der Waals surface area contributed by atoms with Crippen LogP contribution in [0, 0.1) is 11.3 Å². The standard InChI is InChI=1S/C11H16O/c1-8-3-4-9-7-10(12)5-6-11(8,9)2/h7-8H,3-6H2,1-2H3/t8-,11+/m1/s1. The van der Waals surface area contributed by atoms with Crippen molar-refractivity contribution >= 4 is 5.78 Å². The predicted octanol–water partition coefficient (Wildman–Crippen LogP) is 2.71. The number of hydrogen-bond donors (Lipinski definition) is 0. The molecule has 0 heterocycles. The van der Waals surface area contributed by atoms with Gasteiger partial charge in [-0.2, -0.15) is 0 Å². The summed E-state index contributed by atoms with van der Waals surface area (Å²) in [5.41, 5.74) is 1.79. The summed E-state index contributed by atoms with van der Waals surface area (Å²) in [6.07, 6.45) is 6.19. The molecular weight excluding hydrogens is 148 g/mol. The topological polar surface area (TPSA) is 17.1 Å². The largest absolute Gasteiger partial charge is 0.295 e. The monoisotopic (exact) mass is 164 g/mol. The Morgan fingerprint density at radius 3 is 3.00 bits per heavy atom. The molecule has 2 aliphatic rings. The van der Waals surface area contributed by atoms with Gasteiger partial charge in [0.25, 0.3) is 0 Å². The second-order valence-corrected chi connectivity index (χ2v) is 4.49. The van der Waals surface area contributed by atoms with E-state index in [4.69, 9.17) is 0 Å². The van der Waals surface area contributed by atoms with Gasteiger partial charge in [0.05, 0.1) is 0 Å². The van der Waals surface area contributed by atoms with E-state index >= 15 is 0 Å². The highest BCUT2D eigenvalue weighted by atomic mass is 16.1. The van der Waals surface area contributed by atoms with Crippen molar-refractivity contribution in [2.24, 2.45) is 11.3 Å². The maximum atomic E-state index is 11.2. The number of carbonyl (C=O) groups excluding carboxylic acids is 1. The number of carbonyl (C=O) groups is 1. The van der Waals surface area contributed by atoms with Crippen molar-refractivity contribution in [3.05, 3.63) is 11.6 Å². The lowest BCUT2D eigenvalue weighted by Gasteiger charge is -2.33. The van der Waals surface area contributed by atoms with Crippen molar-refractivity contribution in [3.63, 3.8) is 0 Å². The first-order chi connectivity index (χ1) is 5.63. The highest BCUT2D eigenvalue weighted by Crippen LogP contribution is 2.51. The van der Waals surface area contributed by atoms with Crippen LogP contribution < -0.4 is 0 Å². The molecule has 0 radical (unpaired) electrons. The number of rotatable bonds is 0. The third kappa shape index (κ3) is 0.954. The predicted molar refractivity (Wildman–Crippen MR) is 48.8 cm³/mol. The van der Waals surface area contributed by atoms with Crippen LogP contribution in [0.1, 0.15) is 39.5 Å². The van der Waals surface area contributed by atoms with Crippen molar-refractivity contribution in [1.82, 2.24) is 0 Å². The van der Waals surface area contributed by atoms with E-state index in [2.05, 4.69) is 13.8 Å². The van der Waals surface area contributed by atoms with Gasteiger partial charge in [0, 0.05) is 6.42 Å². The van der Waals surface area contributed by atoms with E-state index in [1.807, 2.05) is 6.08 Å². The molecule has 2 atom stereocenters. The Morgan fingerprint density at radius 1 is 1.50 bits per heavy atom. The molecule has 12 heavy (non-hydrogen) atoms. The van der Waals surface area contributed by atoms with Crippen molar-refractivity contribution in [2.45, 2.75) is 39.5 Å². The van der Waals surface area contributed by atoms with Gasteiger partial charge in [-0.1, -0.05) is 19.4 Å². The molecule has 0 aromatic heterocycles. The maximum Gasteiger partial charge on any atom is 0.155 e. The summed E-state index contributed by atoms with van der Waals surface area (Å²) >= 11 is 0. The van der Waals surface area contributed by atoms with Gasteiger partial charge in [-0.3, -0.25) is 4.79 Å². The number of allylic oxidation sites excluding steroid dienone is 2. The molecular formula is C11H16O. The van der Waals surface area contributed by atoms with Crippen LogP contribution in [-0.4, -0.2) is 5.78 Å². The van der Waals surface area contributed by atoms with Crippen LogP contribution in [0.4, 0.5) is 0 Å². The Hall–Kier alpha value is -0.590. The van der Waals surface area contributed by atoms with Crippen molar-refractivity contribution in [2.75, 3.05) is 0 Å². The Balaban J connectivity index is 2.37. The second-order valence-electron chi connectivity index (χ2n) is 4.49. The van der Waals surface area contributed by atoms with Gasteiger partial charge < -0.3 is 0 Å². The zero-order valence-corrected chi connectivity index (χ0v) is 7.89. The molecule has 0 amide bonds. The summed E-state index contributed by atoms with van der Waals surface area (Å²) in [5.74, 6) is 1.12. The fraction of sp³-hybridized carbons (Fsp3) is 0.727. The van der Waals surface area contributed by atoms with E-state index < -0.39 is 0 Å². The van der Waals surface area contributed by atoms with E-state index in [1.54, 1.807) is 0 Å². The minimum absolute atomic E-state index is 0.344. The summed E-state index contributed by atoms with van der Waals surface area (Å²) in [7, 11) is 0. The van der Waals surface area contributed by atoms with Gasteiger partial charge in [0.15, 0.2) is 5.78 Å². The lowest BCUT2D eigenvalue weighted by atomic mass is 9.71.